The van der Waals surface area contributed by atoms with Crippen LogP contribution in [0.2, 0.25) is 0 Å². The lowest BCUT2D eigenvalue weighted by atomic mass is 9.97. The lowest BCUT2D eigenvalue weighted by Gasteiger charge is -2.11. The molecular weight excluding hydrogens is 234 g/mol. The first-order valence-corrected chi connectivity index (χ1v) is 5.75. The van der Waals surface area contributed by atoms with Crippen LogP contribution in [-0.4, -0.2) is 9.49 Å². The molecule has 0 unspecified atom stereocenters. The summed E-state index contributed by atoms with van der Waals surface area (Å²) >= 11 is 0. The van der Waals surface area contributed by atoms with Crippen LogP contribution in [0.5, 0.6) is 0 Å². The smallest absolute Gasteiger partial charge is 0.290 e. The van der Waals surface area contributed by atoms with Gasteiger partial charge in [0.1, 0.15) is 11.6 Å². The van der Waals surface area contributed by atoms with Gasteiger partial charge in [0.25, 0.3) is 11.2 Å². The van der Waals surface area contributed by atoms with Crippen molar-refractivity contribution in [2.45, 2.75) is 39.7 Å². The minimum atomic E-state index is -0.540. The first-order chi connectivity index (χ1) is 8.43. The molecule has 0 atom stereocenters. The van der Waals surface area contributed by atoms with Gasteiger partial charge in [-0.25, -0.2) is 0 Å². The van der Waals surface area contributed by atoms with Crippen LogP contribution < -0.4 is 5.56 Å². The molecule has 0 fully saturated rings. The average molecular weight is 249 g/mol. The lowest BCUT2D eigenvalue weighted by Crippen LogP contribution is -2.25. The van der Waals surface area contributed by atoms with E-state index in [4.69, 9.17) is 5.26 Å². The summed E-state index contributed by atoms with van der Waals surface area (Å²) in [6.45, 7) is 5.69. The zero-order valence-electron chi connectivity index (χ0n) is 10.6. The second kappa shape index (κ2) is 5.45. The van der Waals surface area contributed by atoms with E-state index in [-0.39, 0.29) is 22.7 Å². The van der Waals surface area contributed by atoms with E-state index in [2.05, 4.69) is 0 Å². The van der Waals surface area contributed by atoms with E-state index in [1.54, 1.807) is 19.9 Å². The summed E-state index contributed by atoms with van der Waals surface area (Å²) in [7, 11) is 0. The zero-order valence-corrected chi connectivity index (χ0v) is 10.6. The molecule has 6 nitrogen and oxygen atoms in total. The Morgan fingerprint density at radius 3 is 2.56 bits per heavy atom. The molecule has 0 aliphatic heterocycles. The molecule has 0 saturated heterocycles. The molecule has 1 aromatic heterocycles. The van der Waals surface area contributed by atoms with Crippen molar-refractivity contribution in [1.29, 1.82) is 5.26 Å². The van der Waals surface area contributed by atoms with Gasteiger partial charge >= 0.3 is 0 Å². The molecule has 18 heavy (non-hydrogen) atoms. The minimum Gasteiger partial charge on any atom is -0.308 e. The number of pyridine rings is 1. The van der Waals surface area contributed by atoms with Crippen molar-refractivity contribution < 1.29 is 4.92 Å². The Balaban J connectivity index is 3.71. The largest absolute Gasteiger partial charge is 0.308 e. The third-order valence-corrected chi connectivity index (χ3v) is 2.65. The number of rotatable bonds is 4. The molecule has 0 aromatic carbocycles. The Hall–Kier alpha value is -2.16. The molecule has 6 heteroatoms. The molecular formula is C12H15N3O3. The fourth-order valence-electron chi connectivity index (χ4n) is 1.91. The molecule has 0 spiro atoms. The Morgan fingerprint density at radius 1 is 1.56 bits per heavy atom. The lowest BCUT2D eigenvalue weighted by molar-refractivity contribution is -0.386. The van der Waals surface area contributed by atoms with Crippen molar-refractivity contribution in [3.05, 3.63) is 37.8 Å². The number of aryl methyl sites for hydroxylation is 1. The second-order valence-corrected chi connectivity index (χ2v) is 4.33. The maximum absolute atomic E-state index is 12.0. The summed E-state index contributed by atoms with van der Waals surface area (Å²) in [5.74, 6) is -0.246. The summed E-state index contributed by atoms with van der Waals surface area (Å²) < 4.78 is 1.24. The summed E-state index contributed by atoms with van der Waals surface area (Å²) in [5, 5.41) is 20.1. The number of hydrogen-bond donors (Lipinski definition) is 0. The standard InChI is InChI=1S/C12H15N3O3/c1-4-5-14-7-10(15(17)18)11(8(2)3)9(6-13)12(14)16/h7-8H,4-5H2,1-3H3. The van der Waals surface area contributed by atoms with E-state index < -0.39 is 10.5 Å². The van der Waals surface area contributed by atoms with E-state index in [1.165, 1.54) is 10.8 Å². The Morgan fingerprint density at radius 2 is 2.17 bits per heavy atom. The van der Waals surface area contributed by atoms with Crippen LogP contribution in [-0.2, 0) is 6.54 Å². The molecule has 1 aromatic rings. The van der Waals surface area contributed by atoms with Crippen LogP contribution in [0, 0.1) is 21.4 Å². The topological polar surface area (TPSA) is 88.9 Å². The predicted octanol–water partition coefficient (Wildman–Crippen LogP) is 2.16. The monoisotopic (exact) mass is 249 g/mol. The molecule has 0 radical (unpaired) electrons. The number of hydrogen-bond acceptors (Lipinski definition) is 4. The zero-order chi connectivity index (χ0) is 13.9. The van der Waals surface area contributed by atoms with Crippen LogP contribution in [0.4, 0.5) is 5.69 Å². The van der Waals surface area contributed by atoms with Gasteiger partial charge in [-0.05, 0) is 12.3 Å². The Bertz CT molecular complexity index is 567. The average Bonchev–Trinajstić information content (AvgIpc) is 2.30. The molecule has 0 amide bonds. The summed E-state index contributed by atoms with van der Waals surface area (Å²) in [5.41, 5.74) is -0.504. The first-order valence-electron chi connectivity index (χ1n) is 5.75. The molecule has 0 aliphatic rings. The van der Waals surface area contributed by atoms with Crippen molar-refractivity contribution in [1.82, 2.24) is 4.57 Å². The maximum Gasteiger partial charge on any atom is 0.290 e. The summed E-state index contributed by atoms with van der Waals surface area (Å²) in [6, 6.07) is 1.80. The Kier molecular flexibility index (Phi) is 4.21. The van der Waals surface area contributed by atoms with Gasteiger partial charge in [0.15, 0.2) is 0 Å². The van der Waals surface area contributed by atoms with Gasteiger partial charge in [-0.2, -0.15) is 5.26 Å². The first kappa shape index (κ1) is 13.9. The summed E-state index contributed by atoms with van der Waals surface area (Å²) in [4.78, 5) is 22.5. The van der Waals surface area contributed by atoms with E-state index in [9.17, 15) is 14.9 Å². The highest BCUT2D eigenvalue weighted by Crippen LogP contribution is 2.27. The highest BCUT2D eigenvalue weighted by molar-refractivity contribution is 5.50. The highest BCUT2D eigenvalue weighted by atomic mass is 16.6. The van der Waals surface area contributed by atoms with Gasteiger partial charge in [0.2, 0.25) is 0 Å². The van der Waals surface area contributed by atoms with Crippen molar-refractivity contribution in [2.75, 3.05) is 0 Å². The van der Waals surface area contributed by atoms with Gasteiger partial charge < -0.3 is 4.57 Å². The van der Waals surface area contributed by atoms with Gasteiger partial charge in [0, 0.05) is 6.54 Å². The van der Waals surface area contributed by atoms with Crippen LogP contribution in [0.15, 0.2) is 11.0 Å². The molecule has 96 valence electrons. The minimum absolute atomic E-state index is 0.118. The van der Waals surface area contributed by atoms with Crippen molar-refractivity contribution in [3.8, 4) is 6.07 Å². The van der Waals surface area contributed by atoms with Crippen molar-refractivity contribution in [3.63, 3.8) is 0 Å². The SMILES string of the molecule is CCCn1cc([N+](=O)[O-])c(C(C)C)c(C#N)c1=O. The fourth-order valence-corrected chi connectivity index (χ4v) is 1.91. The van der Waals surface area contributed by atoms with E-state index in [0.717, 1.165) is 0 Å². The number of nitriles is 1. The van der Waals surface area contributed by atoms with E-state index in [0.29, 0.717) is 13.0 Å². The second-order valence-electron chi connectivity index (χ2n) is 4.33. The van der Waals surface area contributed by atoms with Crippen LogP contribution >= 0.6 is 0 Å². The highest BCUT2D eigenvalue weighted by Gasteiger charge is 2.25. The number of aromatic nitrogens is 1. The van der Waals surface area contributed by atoms with Gasteiger partial charge in [0.05, 0.1) is 16.7 Å². The molecule has 0 aliphatic carbocycles. The maximum atomic E-state index is 12.0. The molecule has 0 bridgehead atoms. The normalized spacial score (nSPS) is 10.4. The molecule has 0 saturated carbocycles. The number of nitrogens with zero attached hydrogens (tertiary/aromatic N) is 3. The van der Waals surface area contributed by atoms with Gasteiger partial charge in [-0.3, -0.25) is 14.9 Å². The van der Waals surface area contributed by atoms with Crippen LogP contribution in [0.1, 0.15) is 44.2 Å². The van der Waals surface area contributed by atoms with Gasteiger partial charge in [-0.15, -0.1) is 0 Å². The van der Waals surface area contributed by atoms with Gasteiger partial charge in [-0.1, -0.05) is 20.8 Å². The van der Waals surface area contributed by atoms with E-state index >= 15 is 0 Å². The van der Waals surface area contributed by atoms with Crippen molar-refractivity contribution >= 4 is 5.69 Å². The quantitative estimate of drug-likeness (QED) is 0.604. The number of nitro groups is 1. The van der Waals surface area contributed by atoms with Crippen LogP contribution in [0.25, 0.3) is 0 Å². The fraction of sp³-hybridized carbons (Fsp3) is 0.500. The molecule has 1 heterocycles. The van der Waals surface area contributed by atoms with Crippen LogP contribution in [0.3, 0.4) is 0 Å². The third-order valence-electron chi connectivity index (χ3n) is 2.65. The van der Waals surface area contributed by atoms with Crippen molar-refractivity contribution in [2.24, 2.45) is 0 Å². The molecule has 1 rings (SSSR count). The third kappa shape index (κ3) is 2.40. The summed E-state index contributed by atoms with van der Waals surface area (Å²) in [6.07, 6.45) is 1.91. The predicted molar refractivity (Wildman–Crippen MR) is 66.5 cm³/mol. The molecule has 0 N–H and O–H groups in total. The van der Waals surface area contributed by atoms with E-state index in [1.807, 2.05) is 6.92 Å². The Labute approximate surface area is 105 Å².